The monoisotopic (exact) mass is 423 g/mol. The topological polar surface area (TPSA) is 87.2 Å². The Labute approximate surface area is 164 Å². The van der Waals surface area contributed by atoms with Crippen molar-refractivity contribution in [2.24, 2.45) is 5.14 Å². The van der Waals surface area contributed by atoms with Gasteiger partial charge >= 0.3 is 6.18 Å². The van der Waals surface area contributed by atoms with E-state index >= 15 is 0 Å². The Bertz CT molecular complexity index is 1200. The zero-order chi connectivity index (χ0) is 21.0. The molecule has 0 bridgehead atoms. The molecule has 0 fully saturated rings. The van der Waals surface area contributed by atoms with Gasteiger partial charge in [-0.1, -0.05) is 0 Å². The molecule has 0 amide bonds. The Balaban J connectivity index is 1.95. The summed E-state index contributed by atoms with van der Waals surface area (Å²) in [6, 6.07) is 10.4. The van der Waals surface area contributed by atoms with Crippen LogP contribution in [0.3, 0.4) is 0 Å². The predicted octanol–water partition coefficient (Wildman–Crippen LogP) is 3.31. The highest BCUT2D eigenvalue weighted by molar-refractivity contribution is 7.89. The quantitative estimate of drug-likeness (QED) is 0.700. The first kappa shape index (κ1) is 19.5. The lowest BCUT2D eigenvalue weighted by Crippen LogP contribution is -2.12. The number of halogens is 3. The third-order valence-electron chi connectivity index (χ3n) is 4.87. The zero-order valence-corrected chi connectivity index (χ0v) is 16.0. The molecule has 4 rings (SSSR count). The molecule has 2 aromatic carbocycles. The number of nitrogens with two attached hydrogens (primary N) is 1. The summed E-state index contributed by atoms with van der Waals surface area (Å²) in [6.07, 6.45) is -4.00. The van der Waals surface area contributed by atoms with Gasteiger partial charge < -0.3 is 4.74 Å². The highest BCUT2D eigenvalue weighted by atomic mass is 32.2. The summed E-state index contributed by atoms with van der Waals surface area (Å²) >= 11 is 0. The highest BCUT2D eigenvalue weighted by Crippen LogP contribution is 2.42. The van der Waals surface area contributed by atoms with E-state index in [0.29, 0.717) is 29.1 Å². The number of ether oxygens (including phenoxy) is 1. The van der Waals surface area contributed by atoms with E-state index < -0.39 is 21.9 Å². The zero-order valence-electron chi connectivity index (χ0n) is 15.2. The number of nitrogens with zero attached hydrogens (tertiary/aromatic N) is 2. The summed E-state index contributed by atoms with van der Waals surface area (Å²) in [7, 11) is -2.39. The number of hydrogen-bond donors (Lipinski definition) is 1. The molecule has 0 saturated heterocycles. The van der Waals surface area contributed by atoms with Gasteiger partial charge in [-0.3, -0.25) is 0 Å². The van der Waals surface area contributed by atoms with Crippen LogP contribution in [0.4, 0.5) is 13.2 Å². The van der Waals surface area contributed by atoms with Gasteiger partial charge in [-0.05, 0) is 60.9 Å². The maximum absolute atomic E-state index is 13.6. The van der Waals surface area contributed by atoms with E-state index in [-0.39, 0.29) is 16.9 Å². The van der Waals surface area contributed by atoms with Crippen molar-refractivity contribution in [2.75, 3.05) is 7.11 Å². The summed E-state index contributed by atoms with van der Waals surface area (Å²) in [6.45, 7) is 0. The van der Waals surface area contributed by atoms with Crippen molar-refractivity contribution in [1.82, 2.24) is 9.78 Å². The number of alkyl halides is 3. The van der Waals surface area contributed by atoms with Crippen LogP contribution < -0.4 is 9.88 Å². The first-order valence-electron chi connectivity index (χ1n) is 8.59. The van der Waals surface area contributed by atoms with Gasteiger partial charge in [-0.15, -0.1) is 0 Å². The Hall–Kier alpha value is -2.85. The van der Waals surface area contributed by atoms with Crippen LogP contribution in [-0.4, -0.2) is 25.3 Å². The third-order valence-corrected chi connectivity index (χ3v) is 5.80. The number of hydrogen-bond acceptors (Lipinski definition) is 4. The normalized spacial score (nSPS) is 13.7. The van der Waals surface area contributed by atoms with E-state index in [1.807, 2.05) is 0 Å². The minimum atomic E-state index is -4.61. The van der Waals surface area contributed by atoms with E-state index in [1.54, 1.807) is 18.2 Å². The van der Waals surface area contributed by atoms with Crippen molar-refractivity contribution < 1.29 is 26.3 Å². The van der Waals surface area contributed by atoms with Gasteiger partial charge in [0.25, 0.3) is 0 Å². The Kier molecular flexibility index (Phi) is 4.43. The number of benzene rings is 2. The van der Waals surface area contributed by atoms with E-state index in [4.69, 9.17) is 9.88 Å². The number of primary sulfonamides is 1. The standard InChI is InChI=1S/C19H16F3N3O3S/c1-28-13-5-9-15-11(10-13)2-8-16-17(15)25(24-18(16)19(20,21)22)12-3-6-14(7-4-12)29(23,26)27/h3-7,9-10H,2,8H2,1H3,(H2,23,26,27). The van der Waals surface area contributed by atoms with Crippen LogP contribution in [0.15, 0.2) is 47.4 Å². The molecule has 1 aromatic heterocycles. The molecule has 0 atom stereocenters. The number of rotatable bonds is 3. The van der Waals surface area contributed by atoms with Crippen LogP contribution in [0.1, 0.15) is 16.8 Å². The van der Waals surface area contributed by atoms with Gasteiger partial charge in [0.2, 0.25) is 10.0 Å². The van der Waals surface area contributed by atoms with E-state index in [0.717, 1.165) is 5.56 Å². The SMILES string of the molecule is COc1ccc2c(c1)CCc1c(C(F)(F)F)nn(-c3ccc(S(N)(=O)=O)cc3)c1-2. The number of aryl methyl sites for hydroxylation is 1. The molecule has 0 aliphatic heterocycles. The first-order chi connectivity index (χ1) is 13.6. The van der Waals surface area contributed by atoms with Crippen molar-refractivity contribution in [2.45, 2.75) is 23.9 Å². The fourth-order valence-electron chi connectivity index (χ4n) is 3.55. The molecule has 6 nitrogen and oxygen atoms in total. The molecule has 1 aliphatic rings. The second-order valence-electron chi connectivity index (χ2n) is 6.65. The second kappa shape index (κ2) is 6.60. The maximum Gasteiger partial charge on any atom is 0.435 e. The fourth-order valence-corrected chi connectivity index (χ4v) is 4.07. The maximum atomic E-state index is 13.6. The summed E-state index contributed by atoms with van der Waals surface area (Å²) in [5.41, 5.74) is 1.30. The molecule has 10 heteroatoms. The number of sulfonamides is 1. The van der Waals surface area contributed by atoms with E-state index in [9.17, 15) is 21.6 Å². The average Bonchev–Trinajstić information content (AvgIpc) is 3.07. The lowest BCUT2D eigenvalue weighted by Gasteiger charge is -2.20. The molecule has 3 aromatic rings. The Morgan fingerprint density at radius 1 is 1.10 bits per heavy atom. The average molecular weight is 423 g/mol. The lowest BCUT2D eigenvalue weighted by molar-refractivity contribution is -0.141. The van der Waals surface area contributed by atoms with Crippen LogP contribution in [0.2, 0.25) is 0 Å². The van der Waals surface area contributed by atoms with Gasteiger partial charge in [0.15, 0.2) is 5.69 Å². The summed E-state index contributed by atoms with van der Waals surface area (Å²) < 4.78 is 70.2. The van der Waals surface area contributed by atoms with Crippen molar-refractivity contribution >= 4 is 10.0 Å². The molecule has 0 spiro atoms. The third kappa shape index (κ3) is 3.38. The minimum Gasteiger partial charge on any atom is -0.497 e. The van der Waals surface area contributed by atoms with Gasteiger partial charge in [-0.25, -0.2) is 18.2 Å². The van der Waals surface area contributed by atoms with Crippen molar-refractivity contribution in [3.05, 3.63) is 59.3 Å². The molecule has 1 aliphatic carbocycles. The Morgan fingerprint density at radius 3 is 2.38 bits per heavy atom. The predicted molar refractivity (Wildman–Crippen MR) is 99.3 cm³/mol. The van der Waals surface area contributed by atoms with Gasteiger partial charge in [0.1, 0.15) is 5.75 Å². The molecule has 1 heterocycles. The molecule has 152 valence electrons. The summed E-state index contributed by atoms with van der Waals surface area (Å²) in [5, 5.41) is 8.94. The van der Waals surface area contributed by atoms with Gasteiger partial charge in [-0.2, -0.15) is 18.3 Å². The van der Waals surface area contributed by atoms with Crippen LogP contribution >= 0.6 is 0 Å². The van der Waals surface area contributed by atoms with Crippen molar-refractivity contribution in [1.29, 1.82) is 0 Å². The van der Waals surface area contributed by atoms with Crippen LogP contribution in [0.5, 0.6) is 5.75 Å². The largest absolute Gasteiger partial charge is 0.497 e. The minimum absolute atomic E-state index is 0.116. The molecule has 2 N–H and O–H groups in total. The van der Waals surface area contributed by atoms with Crippen LogP contribution in [-0.2, 0) is 29.0 Å². The Morgan fingerprint density at radius 2 is 1.79 bits per heavy atom. The molecule has 0 saturated carbocycles. The lowest BCUT2D eigenvalue weighted by atomic mass is 9.88. The summed E-state index contributed by atoms with van der Waals surface area (Å²) in [4.78, 5) is -0.136. The van der Waals surface area contributed by atoms with Crippen molar-refractivity contribution in [3.63, 3.8) is 0 Å². The molecule has 29 heavy (non-hydrogen) atoms. The molecule has 0 radical (unpaired) electrons. The highest BCUT2D eigenvalue weighted by Gasteiger charge is 2.40. The summed E-state index contributed by atoms with van der Waals surface area (Å²) in [5.74, 6) is 0.617. The fraction of sp³-hybridized carbons (Fsp3) is 0.211. The number of fused-ring (bicyclic) bond motifs is 3. The smallest absolute Gasteiger partial charge is 0.435 e. The number of aromatic nitrogens is 2. The molecular weight excluding hydrogens is 407 g/mol. The van der Waals surface area contributed by atoms with Crippen LogP contribution in [0, 0.1) is 0 Å². The number of methoxy groups -OCH3 is 1. The van der Waals surface area contributed by atoms with Crippen LogP contribution in [0.25, 0.3) is 16.9 Å². The first-order valence-corrected chi connectivity index (χ1v) is 10.1. The van der Waals surface area contributed by atoms with Crippen molar-refractivity contribution in [3.8, 4) is 22.7 Å². The van der Waals surface area contributed by atoms with Gasteiger partial charge in [0, 0.05) is 11.1 Å². The second-order valence-corrected chi connectivity index (χ2v) is 8.21. The van der Waals surface area contributed by atoms with Gasteiger partial charge in [0.05, 0.1) is 23.4 Å². The molecule has 0 unspecified atom stereocenters. The molecular formula is C19H16F3N3O3S. The van der Waals surface area contributed by atoms with E-state index in [2.05, 4.69) is 5.10 Å². The van der Waals surface area contributed by atoms with E-state index in [1.165, 1.54) is 36.1 Å².